The summed E-state index contributed by atoms with van der Waals surface area (Å²) >= 11 is 1.79. The van der Waals surface area contributed by atoms with Crippen molar-refractivity contribution in [2.45, 2.75) is 65.0 Å². The lowest BCUT2D eigenvalue weighted by atomic mass is 9.83. The molecule has 1 aliphatic rings. The van der Waals surface area contributed by atoms with E-state index >= 15 is 0 Å². The minimum absolute atomic E-state index is 0.0901. The first kappa shape index (κ1) is 15.5. The highest BCUT2D eigenvalue weighted by molar-refractivity contribution is 7.12. The number of nitrogens with two attached hydrogens (primary N) is 1. The van der Waals surface area contributed by atoms with Gasteiger partial charge in [0.25, 0.3) is 0 Å². The minimum atomic E-state index is 0.0901. The molecule has 0 bridgehead atoms. The highest BCUT2D eigenvalue weighted by atomic mass is 32.1. The van der Waals surface area contributed by atoms with Gasteiger partial charge >= 0.3 is 0 Å². The maximum absolute atomic E-state index is 12.2. The van der Waals surface area contributed by atoms with E-state index in [0.29, 0.717) is 12.3 Å². The second-order valence-corrected chi connectivity index (χ2v) is 7.53. The zero-order valence-corrected chi connectivity index (χ0v) is 13.6. The topological polar surface area (TPSA) is 55.1 Å². The third kappa shape index (κ3) is 3.83. The Morgan fingerprint density at radius 2 is 2.15 bits per heavy atom. The molecule has 1 saturated carbocycles. The van der Waals surface area contributed by atoms with Crippen LogP contribution in [0.1, 0.15) is 60.4 Å². The van der Waals surface area contributed by atoms with E-state index in [1.165, 1.54) is 28.2 Å². The zero-order valence-electron chi connectivity index (χ0n) is 12.7. The lowest BCUT2D eigenvalue weighted by Crippen LogP contribution is -2.37. The summed E-state index contributed by atoms with van der Waals surface area (Å²) in [5, 5.41) is 3.13. The summed E-state index contributed by atoms with van der Waals surface area (Å²) in [5.41, 5.74) is 7.36. The van der Waals surface area contributed by atoms with E-state index < -0.39 is 0 Å². The molecule has 3 N–H and O–H groups in total. The molecule has 0 aromatic carbocycles. The van der Waals surface area contributed by atoms with E-state index in [2.05, 4.69) is 32.2 Å². The molecule has 3 atom stereocenters. The molecule has 1 aliphatic carbocycles. The van der Waals surface area contributed by atoms with Gasteiger partial charge in [-0.3, -0.25) is 4.79 Å². The van der Waals surface area contributed by atoms with Crippen molar-refractivity contribution in [1.82, 2.24) is 5.32 Å². The molecule has 2 rings (SSSR count). The average molecular weight is 294 g/mol. The fraction of sp³-hybridized carbons (Fsp3) is 0.688. The van der Waals surface area contributed by atoms with Gasteiger partial charge < -0.3 is 11.1 Å². The van der Waals surface area contributed by atoms with Crippen LogP contribution in [-0.4, -0.2) is 11.9 Å². The predicted molar refractivity (Wildman–Crippen MR) is 84.9 cm³/mol. The van der Waals surface area contributed by atoms with E-state index in [-0.39, 0.29) is 18.0 Å². The van der Waals surface area contributed by atoms with E-state index in [1.54, 1.807) is 11.3 Å². The maximum atomic E-state index is 12.2. The largest absolute Gasteiger partial charge is 0.350 e. The lowest BCUT2D eigenvalue weighted by molar-refractivity contribution is -0.123. The summed E-state index contributed by atoms with van der Waals surface area (Å²) in [6.45, 7) is 6.29. The summed E-state index contributed by atoms with van der Waals surface area (Å²) in [6, 6.07) is 2.47. The number of thiophene rings is 1. The van der Waals surface area contributed by atoms with Gasteiger partial charge in [-0.1, -0.05) is 12.8 Å². The Labute approximate surface area is 125 Å². The van der Waals surface area contributed by atoms with Crippen molar-refractivity contribution in [3.05, 3.63) is 21.4 Å². The molecule has 3 unspecified atom stereocenters. The Kier molecular flexibility index (Phi) is 5.22. The number of carbonyl (C=O) groups excluding carboxylic acids is 1. The van der Waals surface area contributed by atoms with Crippen LogP contribution in [0, 0.1) is 19.8 Å². The van der Waals surface area contributed by atoms with E-state index in [1.807, 2.05) is 0 Å². The Bertz CT molecular complexity index is 469. The molecule has 4 heteroatoms. The second-order valence-electron chi connectivity index (χ2n) is 6.07. The fourth-order valence-electron chi connectivity index (χ4n) is 3.19. The molecule has 1 amide bonds. The summed E-state index contributed by atoms with van der Waals surface area (Å²) < 4.78 is 0. The maximum Gasteiger partial charge on any atom is 0.220 e. The van der Waals surface area contributed by atoms with Gasteiger partial charge in [-0.05, 0) is 51.2 Å². The molecule has 1 heterocycles. The van der Waals surface area contributed by atoms with Crippen LogP contribution in [0.5, 0.6) is 0 Å². The van der Waals surface area contributed by atoms with Crippen LogP contribution in [0.25, 0.3) is 0 Å². The van der Waals surface area contributed by atoms with Crippen molar-refractivity contribution in [3.8, 4) is 0 Å². The molecule has 20 heavy (non-hydrogen) atoms. The Morgan fingerprint density at radius 1 is 1.45 bits per heavy atom. The molecular formula is C16H26N2OS. The van der Waals surface area contributed by atoms with Crippen molar-refractivity contribution in [2.24, 2.45) is 11.7 Å². The van der Waals surface area contributed by atoms with Crippen molar-refractivity contribution < 1.29 is 4.79 Å². The van der Waals surface area contributed by atoms with Gasteiger partial charge in [0.1, 0.15) is 0 Å². The highest BCUT2D eigenvalue weighted by Crippen LogP contribution is 2.28. The van der Waals surface area contributed by atoms with Crippen LogP contribution in [0.4, 0.5) is 0 Å². The Hall–Kier alpha value is -0.870. The molecule has 112 valence electrons. The van der Waals surface area contributed by atoms with Crippen LogP contribution < -0.4 is 11.1 Å². The van der Waals surface area contributed by atoms with Crippen LogP contribution in [-0.2, 0) is 4.79 Å². The standard InChI is InChI=1S/C16H26N2OS/c1-10-8-14(12(3)20-10)11(2)18-16(19)9-13-6-4-5-7-15(13)17/h8,11,13,15H,4-7,9,17H2,1-3H3,(H,18,19). The summed E-state index contributed by atoms with van der Waals surface area (Å²) in [5.74, 6) is 0.504. The number of carbonyl (C=O) groups is 1. The quantitative estimate of drug-likeness (QED) is 0.893. The number of aryl methyl sites for hydroxylation is 2. The number of hydrogen-bond donors (Lipinski definition) is 2. The molecule has 0 aliphatic heterocycles. The van der Waals surface area contributed by atoms with Crippen molar-refractivity contribution in [3.63, 3.8) is 0 Å². The molecule has 3 nitrogen and oxygen atoms in total. The van der Waals surface area contributed by atoms with Gasteiger partial charge in [-0.2, -0.15) is 0 Å². The summed E-state index contributed by atoms with van der Waals surface area (Å²) in [4.78, 5) is 14.8. The smallest absolute Gasteiger partial charge is 0.220 e. The third-order valence-corrected chi connectivity index (χ3v) is 5.32. The SMILES string of the molecule is Cc1cc(C(C)NC(=O)CC2CCCCC2N)c(C)s1. The Balaban J connectivity index is 1.89. The van der Waals surface area contributed by atoms with Gasteiger partial charge in [0.15, 0.2) is 0 Å². The van der Waals surface area contributed by atoms with Crippen LogP contribution in [0.15, 0.2) is 6.07 Å². The first-order valence-electron chi connectivity index (χ1n) is 7.59. The highest BCUT2D eigenvalue weighted by Gasteiger charge is 2.25. The Morgan fingerprint density at radius 3 is 2.75 bits per heavy atom. The van der Waals surface area contributed by atoms with Gasteiger partial charge in [0, 0.05) is 22.2 Å². The molecule has 0 radical (unpaired) electrons. The zero-order chi connectivity index (χ0) is 14.7. The lowest BCUT2D eigenvalue weighted by Gasteiger charge is -2.28. The van der Waals surface area contributed by atoms with E-state index in [9.17, 15) is 4.79 Å². The van der Waals surface area contributed by atoms with Crippen LogP contribution in [0.3, 0.4) is 0 Å². The number of rotatable bonds is 4. The normalized spacial score (nSPS) is 24.4. The number of amides is 1. The fourth-order valence-corrected chi connectivity index (χ4v) is 4.21. The van der Waals surface area contributed by atoms with Crippen LogP contribution >= 0.6 is 11.3 Å². The number of hydrogen-bond acceptors (Lipinski definition) is 3. The van der Waals surface area contributed by atoms with Gasteiger partial charge in [-0.25, -0.2) is 0 Å². The number of nitrogens with one attached hydrogen (secondary N) is 1. The van der Waals surface area contributed by atoms with Crippen LogP contribution in [0.2, 0.25) is 0 Å². The van der Waals surface area contributed by atoms with Crippen molar-refractivity contribution >= 4 is 17.2 Å². The van der Waals surface area contributed by atoms with E-state index in [0.717, 1.165) is 12.8 Å². The molecule has 1 aromatic rings. The van der Waals surface area contributed by atoms with Gasteiger partial charge in [0.05, 0.1) is 6.04 Å². The van der Waals surface area contributed by atoms with Crippen molar-refractivity contribution in [2.75, 3.05) is 0 Å². The monoisotopic (exact) mass is 294 g/mol. The molecular weight excluding hydrogens is 268 g/mol. The first-order valence-corrected chi connectivity index (χ1v) is 8.41. The molecule has 0 spiro atoms. The molecule has 1 aromatic heterocycles. The minimum Gasteiger partial charge on any atom is -0.350 e. The molecule has 1 fully saturated rings. The molecule has 0 saturated heterocycles. The second kappa shape index (κ2) is 6.72. The first-order chi connectivity index (χ1) is 9.47. The summed E-state index contributed by atoms with van der Waals surface area (Å²) in [7, 11) is 0. The van der Waals surface area contributed by atoms with Gasteiger partial charge in [0.2, 0.25) is 5.91 Å². The van der Waals surface area contributed by atoms with E-state index in [4.69, 9.17) is 5.73 Å². The average Bonchev–Trinajstić information content (AvgIpc) is 2.71. The predicted octanol–water partition coefficient (Wildman–Crippen LogP) is 3.45. The summed E-state index contributed by atoms with van der Waals surface area (Å²) in [6.07, 6.45) is 5.16. The van der Waals surface area contributed by atoms with Gasteiger partial charge in [-0.15, -0.1) is 11.3 Å². The van der Waals surface area contributed by atoms with Crippen molar-refractivity contribution in [1.29, 1.82) is 0 Å². The third-order valence-electron chi connectivity index (χ3n) is 4.34.